The highest BCUT2D eigenvalue weighted by molar-refractivity contribution is 7.99. The lowest BCUT2D eigenvalue weighted by Crippen LogP contribution is -2.16. The van der Waals surface area contributed by atoms with Crippen molar-refractivity contribution in [2.45, 2.75) is 16.5 Å². The molecule has 0 aliphatic carbocycles. The van der Waals surface area contributed by atoms with E-state index in [4.69, 9.17) is 16.3 Å². The molecule has 0 spiro atoms. The number of nitrogens with one attached hydrogen (secondary N) is 2. The fraction of sp³-hybridized carbons (Fsp3) is 0.200. The molecule has 1 amide bonds. The van der Waals surface area contributed by atoms with Gasteiger partial charge in [-0.2, -0.15) is 0 Å². The second kappa shape index (κ2) is 9.52. The number of ether oxygens (including phenoxy) is 1. The zero-order valence-corrected chi connectivity index (χ0v) is 17.2. The highest BCUT2D eigenvalue weighted by Crippen LogP contribution is 2.28. The van der Waals surface area contributed by atoms with Crippen LogP contribution in [0.2, 0.25) is 5.02 Å². The zero-order chi connectivity index (χ0) is 19.9. The Morgan fingerprint density at radius 3 is 2.71 bits per heavy atom. The summed E-state index contributed by atoms with van der Waals surface area (Å²) in [4.78, 5) is 17.5. The van der Waals surface area contributed by atoms with Gasteiger partial charge in [-0.3, -0.25) is 4.79 Å². The predicted molar refractivity (Wildman–Crippen MR) is 114 cm³/mol. The average Bonchev–Trinajstić information content (AvgIpc) is 3.08. The largest absolute Gasteiger partial charge is 0.495 e. The molecule has 0 saturated carbocycles. The monoisotopic (exact) mass is 416 g/mol. The number of halogens is 1. The first-order chi connectivity index (χ1) is 13.5. The van der Waals surface area contributed by atoms with Gasteiger partial charge in [0.15, 0.2) is 5.16 Å². The van der Waals surface area contributed by atoms with Crippen LogP contribution in [0.25, 0.3) is 0 Å². The van der Waals surface area contributed by atoms with Crippen LogP contribution in [0.15, 0.2) is 64.9 Å². The zero-order valence-electron chi connectivity index (χ0n) is 15.6. The van der Waals surface area contributed by atoms with E-state index >= 15 is 0 Å². The summed E-state index contributed by atoms with van der Waals surface area (Å²) in [6, 6.07) is 13.0. The molecule has 1 aromatic heterocycles. The van der Waals surface area contributed by atoms with Crippen molar-refractivity contribution < 1.29 is 9.53 Å². The number of nitrogens with zero attached hydrogens (tertiary/aromatic N) is 2. The fourth-order valence-electron chi connectivity index (χ4n) is 2.51. The van der Waals surface area contributed by atoms with Crippen molar-refractivity contribution in [1.29, 1.82) is 0 Å². The highest BCUT2D eigenvalue weighted by Gasteiger charge is 2.07. The van der Waals surface area contributed by atoms with Crippen LogP contribution in [-0.2, 0) is 11.8 Å². The van der Waals surface area contributed by atoms with E-state index < -0.39 is 0 Å². The molecular weight excluding hydrogens is 396 g/mol. The molecule has 0 unspecified atom stereocenters. The maximum atomic E-state index is 12.2. The highest BCUT2D eigenvalue weighted by atomic mass is 35.5. The van der Waals surface area contributed by atoms with E-state index in [0.717, 1.165) is 21.4 Å². The third kappa shape index (κ3) is 5.43. The minimum Gasteiger partial charge on any atom is -0.495 e. The Kier molecular flexibility index (Phi) is 6.84. The van der Waals surface area contributed by atoms with Crippen molar-refractivity contribution in [3.05, 3.63) is 59.9 Å². The SMILES string of the molecule is COc1ccc(Cl)cc1NCCC(=O)Nc1ccc(Sc2nccn2C)cc1. The van der Waals surface area contributed by atoms with Crippen LogP contribution in [-0.4, -0.2) is 29.1 Å². The van der Waals surface area contributed by atoms with Crippen molar-refractivity contribution in [2.24, 2.45) is 7.05 Å². The molecule has 2 aromatic carbocycles. The number of hydrogen-bond acceptors (Lipinski definition) is 5. The van der Waals surface area contributed by atoms with Crippen molar-refractivity contribution in [3.63, 3.8) is 0 Å². The molecule has 0 aliphatic rings. The van der Waals surface area contributed by atoms with Crippen LogP contribution in [0, 0.1) is 0 Å². The molecule has 3 aromatic rings. The lowest BCUT2D eigenvalue weighted by atomic mass is 10.2. The van der Waals surface area contributed by atoms with Gasteiger partial charge in [0.05, 0.1) is 12.8 Å². The number of carbonyl (C=O) groups excluding carboxylic acids is 1. The van der Waals surface area contributed by atoms with E-state index in [0.29, 0.717) is 23.7 Å². The van der Waals surface area contributed by atoms with Gasteiger partial charge in [-0.25, -0.2) is 4.98 Å². The van der Waals surface area contributed by atoms with Crippen LogP contribution in [0.3, 0.4) is 0 Å². The summed E-state index contributed by atoms with van der Waals surface area (Å²) in [6.07, 6.45) is 3.99. The van der Waals surface area contributed by atoms with Crippen molar-refractivity contribution in [3.8, 4) is 5.75 Å². The molecule has 0 fully saturated rings. The Morgan fingerprint density at radius 1 is 1.25 bits per heavy atom. The number of rotatable bonds is 8. The topological polar surface area (TPSA) is 68.2 Å². The van der Waals surface area contributed by atoms with Crippen LogP contribution in [0.4, 0.5) is 11.4 Å². The average molecular weight is 417 g/mol. The minimum atomic E-state index is -0.0713. The van der Waals surface area contributed by atoms with Gasteiger partial charge in [0.25, 0.3) is 0 Å². The summed E-state index contributed by atoms with van der Waals surface area (Å²) >= 11 is 7.58. The van der Waals surface area contributed by atoms with Crippen molar-refractivity contribution in [2.75, 3.05) is 24.3 Å². The van der Waals surface area contributed by atoms with Gasteiger partial charge in [-0.05, 0) is 42.5 Å². The van der Waals surface area contributed by atoms with E-state index in [1.807, 2.05) is 42.1 Å². The Balaban J connectivity index is 1.48. The molecule has 6 nitrogen and oxygen atoms in total. The van der Waals surface area contributed by atoms with Gasteiger partial charge < -0.3 is 19.9 Å². The number of anilines is 2. The molecule has 2 N–H and O–H groups in total. The summed E-state index contributed by atoms with van der Waals surface area (Å²) in [5, 5.41) is 7.60. The Morgan fingerprint density at radius 2 is 2.04 bits per heavy atom. The number of methoxy groups -OCH3 is 1. The van der Waals surface area contributed by atoms with Gasteiger partial charge in [-0.15, -0.1) is 0 Å². The van der Waals surface area contributed by atoms with Gasteiger partial charge in [0, 0.05) is 48.0 Å². The van der Waals surface area contributed by atoms with Crippen LogP contribution in [0.5, 0.6) is 5.75 Å². The minimum absolute atomic E-state index is 0.0713. The third-order valence-electron chi connectivity index (χ3n) is 3.95. The van der Waals surface area contributed by atoms with Gasteiger partial charge in [-0.1, -0.05) is 23.4 Å². The molecule has 3 rings (SSSR count). The number of hydrogen-bond donors (Lipinski definition) is 2. The van der Waals surface area contributed by atoms with E-state index in [-0.39, 0.29) is 5.91 Å². The molecule has 0 aliphatic heterocycles. The fourth-order valence-corrected chi connectivity index (χ4v) is 3.49. The maximum Gasteiger partial charge on any atom is 0.226 e. The normalized spacial score (nSPS) is 10.5. The second-order valence-corrected chi connectivity index (χ2v) is 7.49. The Labute approximate surface area is 173 Å². The number of aryl methyl sites for hydroxylation is 1. The maximum absolute atomic E-state index is 12.2. The standard InChI is InChI=1S/C20H21ClN4O2S/c1-25-12-11-23-20(25)28-16-6-4-15(5-7-16)24-19(26)9-10-22-17-13-14(21)3-8-18(17)27-2/h3-8,11-13,22H,9-10H2,1-2H3,(H,24,26). The van der Waals surface area contributed by atoms with Crippen LogP contribution < -0.4 is 15.4 Å². The summed E-state index contributed by atoms with van der Waals surface area (Å²) in [5.41, 5.74) is 1.52. The number of amides is 1. The lowest BCUT2D eigenvalue weighted by molar-refractivity contribution is -0.115. The summed E-state index contributed by atoms with van der Waals surface area (Å²) in [6.45, 7) is 0.468. The summed E-state index contributed by atoms with van der Waals surface area (Å²) in [7, 11) is 3.55. The number of carbonyl (C=O) groups is 1. The Hall–Kier alpha value is -2.64. The van der Waals surface area contributed by atoms with Gasteiger partial charge in [0.1, 0.15) is 5.75 Å². The summed E-state index contributed by atoms with van der Waals surface area (Å²) < 4.78 is 7.24. The number of benzene rings is 2. The van der Waals surface area contributed by atoms with Crippen molar-refractivity contribution in [1.82, 2.24) is 9.55 Å². The molecule has 0 saturated heterocycles. The third-order valence-corrected chi connectivity index (χ3v) is 5.27. The molecular formula is C20H21ClN4O2S. The van der Waals surface area contributed by atoms with Gasteiger partial charge >= 0.3 is 0 Å². The number of aromatic nitrogens is 2. The van der Waals surface area contributed by atoms with Crippen molar-refractivity contribution >= 4 is 40.6 Å². The molecule has 0 bridgehead atoms. The molecule has 1 heterocycles. The van der Waals surface area contributed by atoms with E-state index in [2.05, 4.69) is 15.6 Å². The molecule has 0 atom stereocenters. The smallest absolute Gasteiger partial charge is 0.226 e. The van der Waals surface area contributed by atoms with E-state index in [1.54, 1.807) is 43.3 Å². The molecule has 8 heteroatoms. The predicted octanol–water partition coefficient (Wildman–Crippen LogP) is 4.67. The lowest BCUT2D eigenvalue weighted by Gasteiger charge is -2.11. The second-order valence-electron chi connectivity index (χ2n) is 6.02. The Bertz CT molecular complexity index is 944. The first-order valence-electron chi connectivity index (χ1n) is 8.67. The first kappa shape index (κ1) is 20.1. The number of imidazole rings is 1. The quantitative estimate of drug-likeness (QED) is 0.558. The molecule has 146 valence electrons. The van der Waals surface area contributed by atoms with Crippen LogP contribution >= 0.6 is 23.4 Å². The first-order valence-corrected chi connectivity index (χ1v) is 9.87. The summed E-state index contributed by atoms with van der Waals surface area (Å²) in [5.74, 6) is 0.614. The van der Waals surface area contributed by atoms with Gasteiger partial charge in [0.2, 0.25) is 5.91 Å². The van der Waals surface area contributed by atoms with E-state index in [1.165, 1.54) is 0 Å². The van der Waals surface area contributed by atoms with Crippen LogP contribution in [0.1, 0.15) is 6.42 Å². The molecule has 28 heavy (non-hydrogen) atoms. The van der Waals surface area contributed by atoms with E-state index in [9.17, 15) is 4.79 Å². The molecule has 0 radical (unpaired) electrons.